The van der Waals surface area contributed by atoms with Crippen molar-refractivity contribution in [2.24, 2.45) is 0 Å². The highest BCUT2D eigenvalue weighted by Crippen LogP contribution is 2.27. The van der Waals surface area contributed by atoms with Gasteiger partial charge in [0.05, 0.1) is 7.11 Å². The van der Waals surface area contributed by atoms with Crippen molar-refractivity contribution in [1.82, 2.24) is 10.2 Å². The highest BCUT2D eigenvalue weighted by atomic mass is 32.2. The topological polar surface area (TPSA) is 101 Å². The van der Waals surface area contributed by atoms with E-state index in [2.05, 4.69) is 26.8 Å². The number of ether oxygens (including phenoxy) is 1. The molecule has 1 aromatic carbocycles. The van der Waals surface area contributed by atoms with Gasteiger partial charge in [-0.1, -0.05) is 23.2 Å². The molecule has 2 aromatic rings. The molecular weight excluding hydrogens is 314 g/mol. The number of nitrogens with one attached hydrogen (secondary N) is 1. The summed E-state index contributed by atoms with van der Waals surface area (Å²) in [7, 11) is -2.50. The van der Waals surface area contributed by atoms with Crippen molar-refractivity contribution >= 4 is 26.5 Å². The number of aliphatic hydroxyl groups excluding tert-OH is 1. The third-order valence-corrected chi connectivity index (χ3v) is 4.44. The highest BCUT2D eigenvalue weighted by molar-refractivity contribution is 7.93. The number of hydrogen-bond acceptors (Lipinski definition) is 7. The standard InChI is InChI=1S/C12H11N3O4S2/c1-19-10-5-4-9(3-2-6-16)7-11(10)21(17,18)15-12-14-13-8-20-12/h4-5,7-8,16H,6H2,1H3,(H,14,15). The summed E-state index contributed by atoms with van der Waals surface area (Å²) in [6.45, 7) is -0.308. The lowest BCUT2D eigenvalue weighted by molar-refractivity contribution is 0.350. The van der Waals surface area contributed by atoms with Crippen LogP contribution in [-0.2, 0) is 10.0 Å². The average molecular weight is 325 g/mol. The summed E-state index contributed by atoms with van der Waals surface area (Å²) in [5.41, 5.74) is 1.86. The van der Waals surface area contributed by atoms with Gasteiger partial charge in [0.15, 0.2) is 0 Å². The van der Waals surface area contributed by atoms with E-state index in [1.54, 1.807) is 6.07 Å². The molecule has 0 aliphatic heterocycles. The number of hydrogen-bond donors (Lipinski definition) is 2. The van der Waals surface area contributed by atoms with Gasteiger partial charge in [-0.3, -0.25) is 4.72 Å². The minimum absolute atomic E-state index is 0.0649. The summed E-state index contributed by atoms with van der Waals surface area (Å²) in [5.74, 6) is 5.28. The summed E-state index contributed by atoms with van der Waals surface area (Å²) < 4.78 is 32.1. The third-order valence-electron chi connectivity index (χ3n) is 2.35. The molecule has 7 nitrogen and oxygen atoms in total. The fourth-order valence-electron chi connectivity index (χ4n) is 1.49. The van der Waals surface area contributed by atoms with Gasteiger partial charge in [0, 0.05) is 5.56 Å². The van der Waals surface area contributed by atoms with Gasteiger partial charge in [0.2, 0.25) is 5.13 Å². The molecule has 21 heavy (non-hydrogen) atoms. The van der Waals surface area contributed by atoms with Gasteiger partial charge in [-0.05, 0) is 18.2 Å². The van der Waals surface area contributed by atoms with Gasteiger partial charge < -0.3 is 9.84 Å². The van der Waals surface area contributed by atoms with Gasteiger partial charge in [0.25, 0.3) is 10.0 Å². The Hall–Kier alpha value is -2.15. The van der Waals surface area contributed by atoms with E-state index >= 15 is 0 Å². The lowest BCUT2D eigenvalue weighted by Crippen LogP contribution is -2.14. The largest absolute Gasteiger partial charge is 0.495 e. The molecule has 9 heteroatoms. The number of aliphatic hydroxyl groups is 1. The Balaban J connectivity index is 2.44. The molecular formula is C12H11N3O4S2. The number of rotatable bonds is 4. The zero-order valence-electron chi connectivity index (χ0n) is 10.9. The second kappa shape index (κ2) is 6.53. The molecule has 0 bridgehead atoms. The van der Waals surface area contributed by atoms with Crippen molar-refractivity contribution in [3.8, 4) is 17.6 Å². The quantitative estimate of drug-likeness (QED) is 0.802. The molecule has 0 saturated carbocycles. The van der Waals surface area contributed by atoms with Gasteiger partial charge in [-0.15, -0.1) is 10.2 Å². The monoisotopic (exact) mass is 325 g/mol. The molecule has 2 rings (SSSR count). The van der Waals surface area contributed by atoms with Crippen LogP contribution in [0.1, 0.15) is 5.56 Å². The lowest BCUT2D eigenvalue weighted by atomic mass is 10.2. The lowest BCUT2D eigenvalue weighted by Gasteiger charge is -2.10. The molecule has 110 valence electrons. The Morgan fingerprint density at radius 2 is 2.29 bits per heavy atom. The van der Waals surface area contributed by atoms with Crippen LogP contribution in [0.5, 0.6) is 5.75 Å². The van der Waals surface area contributed by atoms with E-state index in [0.717, 1.165) is 11.3 Å². The molecule has 0 saturated heterocycles. The van der Waals surface area contributed by atoms with Crippen molar-refractivity contribution in [3.63, 3.8) is 0 Å². The van der Waals surface area contributed by atoms with E-state index in [4.69, 9.17) is 9.84 Å². The van der Waals surface area contributed by atoms with Gasteiger partial charge >= 0.3 is 0 Å². The second-order valence-electron chi connectivity index (χ2n) is 3.67. The highest BCUT2D eigenvalue weighted by Gasteiger charge is 2.21. The maximum absolute atomic E-state index is 12.4. The zero-order chi connectivity index (χ0) is 15.3. The molecule has 0 aliphatic rings. The van der Waals surface area contributed by atoms with Crippen molar-refractivity contribution < 1.29 is 18.3 Å². The minimum atomic E-state index is -3.87. The fraction of sp³-hybridized carbons (Fsp3) is 0.167. The maximum atomic E-state index is 12.4. The normalized spacial score (nSPS) is 10.6. The smallest absolute Gasteiger partial charge is 0.267 e. The number of nitrogens with zero attached hydrogens (tertiary/aromatic N) is 2. The molecule has 0 amide bonds. The van der Waals surface area contributed by atoms with Crippen LogP contribution in [0.25, 0.3) is 0 Å². The van der Waals surface area contributed by atoms with Crippen LogP contribution in [0.15, 0.2) is 28.6 Å². The number of sulfonamides is 1. The summed E-state index contributed by atoms with van der Waals surface area (Å²) >= 11 is 1.06. The SMILES string of the molecule is COc1ccc(C#CCO)cc1S(=O)(=O)Nc1nncs1. The van der Waals surface area contributed by atoms with Crippen LogP contribution < -0.4 is 9.46 Å². The van der Waals surface area contributed by atoms with Crippen LogP contribution in [0.2, 0.25) is 0 Å². The first-order valence-corrected chi connectivity index (χ1v) is 8.00. The van der Waals surface area contributed by atoms with Gasteiger partial charge in [0.1, 0.15) is 22.8 Å². The number of anilines is 1. The van der Waals surface area contributed by atoms with Crippen molar-refractivity contribution in [2.75, 3.05) is 18.4 Å². The van der Waals surface area contributed by atoms with Gasteiger partial charge in [-0.2, -0.15) is 0 Å². The average Bonchev–Trinajstić information content (AvgIpc) is 2.97. The number of benzene rings is 1. The van der Waals surface area contributed by atoms with Crippen LogP contribution in [0.3, 0.4) is 0 Å². The first-order chi connectivity index (χ1) is 10.1. The molecule has 1 aromatic heterocycles. The molecule has 2 N–H and O–H groups in total. The first-order valence-electron chi connectivity index (χ1n) is 5.63. The zero-order valence-corrected chi connectivity index (χ0v) is 12.5. The van der Waals surface area contributed by atoms with Crippen LogP contribution >= 0.6 is 11.3 Å². The number of aromatic nitrogens is 2. The van der Waals surface area contributed by atoms with E-state index in [0.29, 0.717) is 5.56 Å². The van der Waals surface area contributed by atoms with Crippen molar-refractivity contribution in [3.05, 3.63) is 29.3 Å². The molecule has 0 fully saturated rings. The molecule has 0 spiro atoms. The van der Waals surface area contributed by atoms with Crippen molar-refractivity contribution in [2.45, 2.75) is 4.90 Å². The van der Waals surface area contributed by atoms with E-state index in [1.165, 1.54) is 24.8 Å². The summed E-state index contributed by atoms with van der Waals surface area (Å²) in [6.07, 6.45) is 0. The summed E-state index contributed by atoms with van der Waals surface area (Å²) in [4.78, 5) is -0.0649. The van der Waals surface area contributed by atoms with Crippen LogP contribution in [-0.4, -0.2) is 37.4 Å². The molecule has 0 unspecified atom stereocenters. The fourth-order valence-corrected chi connectivity index (χ4v) is 3.38. The van der Waals surface area contributed by atoms with E-state index in [1.807, 2.05) is 0 Å². The first kappa shape index (κ1) is 15.2. The third kappa shape index (κ3) is 3.69. The summed E-state index contributed by atoms with van der Waals surface area (Å²) in [5, 5.41) is 16.0. The second-order valence-corrected chi connectivity index (χ2v) is 6.16. The Labute approximate surface area is 125 Å². The Kier molecular flexibility index (Phi) is 4.74. The predicted octanol–water partition coefficient (Wildman–Crippen LogP) is 0.691. The predicted molar refractivity (Wildman–Crippen MR) is 77.7 cm³/mol. The van der Waals surface area contributed by atoms with E-state index in [-0.39, 0.29) is 22.4 Å². The van der Waals surface area contributed by atoms with Crippen LogP contribution in [0, 0.1) is 11.8 Å². The molecule has 0 radical (unpaired) electrons. The Morgan fingerprint density at radius 3 is 2.90 bits per heavy atom. The Morgan fingerprint density at radius 1 is 1.48 bits per heavy atom. The van der Waals surface area contributed by atoms with E-state index in [9.17, 15) is 8.42 Å². The number of methoxy groups -OCH3 is 1. The van der Waals surface area contributed by atoms with Gasteiger partial charge in [-0.25, -0.2) is 8.42 Å². The summed E-state index contributed by atoms with van der Waals surface area (Å²) in [6, 6.07) is 4.46. The Bertz CT molecular complexity index is 777. The minimum Gasteiger partial charge on any atom is -0.495 e. The maximum Gasteiger partial charge on any atom is 0.267 e. The van der Waals surface area contributed by atoms with Crippen LogP contribution in [0.4, 0.5) is 5.13 Å². The van der Waals surface area contributed by atoms with E-state index < -0.39 is 10.0 Å². The molecule has 0 aliphatic carbocycles. The van der Waals surface area contributed by atoms with Crippen molar-refractivity contribution in [1.29, 1.82) is 0 Å². The molecule has 0 atom stereocenters. The molecule has 1 heterocycles.